The summed E-state index contributed by atoms with van der Waals surface area (Å²) in [6, 6.07) is 5.27. The summed E-state index contributed by atoms with van der Waals surface area (Å²) in [6.07, 6.45) is 0.845. The Morgan fingerprint density at radius 1 is 1.57 bits per heavy atom. The number of halogens is 2. The first-order valence-electron chi connectivity index (χ1n) is 4.55. The Labute approximate surface area is 97.6 Å². The largest absolute Gasteiger partial charge is 0.294 e. The van der Waals surface area contributed by atoms with E-state index in [-0.39, 0.29) is 11.7 Å². The molecule has 0 aromatic heterocycles. The SMILES string of the molecule is CCC(C)C(=O)c1cc(Cl)ccc1Br. The zero-order chi connectivity index (χ0) is 10.7. The van der Waals surface area contributed by atoms with Gasteiger partial charge in [-0.15, -0.1) is 0 Å². The van der Waals surface area contributed by atoms with Crippen molar-refractivity contribution in [1.82, 2.24) is 0 Å². The molecule has 0 spiro atoms. The van der Waals surface area contributed by atoms with Crippen LogP contribution in [0.3, 0.4) is 0 Å². The van der Waals surface area contributed by atoms with Crippen molar-refractivity contribution >= 4 is 33.3 Å². The van der Waals surface area contributed by atoms with Gasteiger partial charge in [0, 0.05) is 21.0 Å². The monoisotopic (exact) mass is 274 g/mol. The highest BCUT2D eigenvalue weighted by atomic mass is 79.9. The van der Waals surface area contributed by atoms with Crippen molar-refractivity contribution in [3.8, 4) is 0 Å². The van der Waals surface area contributed by atoms with Crippen LogP contribution in [-0.2, 0) is 0 Å². The summed E-state index contributed by atoms with van der Waals surface area (Å²) in [7, 11) is 0. The Kier molecular flexibility index (Phi) is 4.14. The quantitative estimate of drug-likeness (QED) is 0.750. The Morgan fingerprint density at radius 2 is 2.21 bits per heavy atom. The molecule has 0 saturated carbocycles. The van der Waals surface area contributed by atoms with Gasteiger partial charge in [-0.3, -0.25) is 4.79 Å². The second kappa shape index (κ2) is 4.94. The smallest absolute Gasteiger partial charge is 0.166 e. The van der Waals surface area contributed by atoms with E-state index >= 15 is 0 Å². The van der Waals surface area contributed by atoms with Crippen LogP contribution >= 0.6 is 27.5 Å². The van der Waals surface area contributed by atoms with Crippen molar-refractivity contribution in [1.29, 1.82) is 0 Å². The lowest BCUT2D eigenvalue weighted by atomic mass is 9.97. The molecule has 0 heterocycles. The molecule has 0 aliphatic heterocycles. The molecule has 0 radical (unpaired) electrons. The molecule has 0 aliphatic rings. The molecule has 14 heavy (non-hydrogen) atoms. The van der Waals surface area contributed by atoms with Crippen molar-refractivity contribution in [3.63, 3.8) is 0 Å². The highest BCUT2D eigenvalue weighted by Gasteiger charge is 2.16. The lowest BCUT2D eigenvalue weighted by molar-refractivity contribution is 0.0926. The topological polar surface area (TPSA) is 17.1 Å². The molecular formula is C11H12BrClO. The molecule has 0 fully saturated rings. The minimum Gasteiger partial charge on any atom is -0.294 e. The van der Waals surface area contributed by atoms with Gasteiger partial charge in [0.25, 0.3) is 0 Å². The first-order chi connectivity index (χ1) is 6.56. The minimum absolute atomic E-state index is 0.0461. The van der Waals surface area contributed by atoms with E-state index in [1.54, 1.807) is 18.2 Å². The molecule has 0 N–H and O–H groups in total. The summed E-state index contributed by atoms with van der Waals surface area (Å²) < 4.78 is 0.812. The maximum atomic E-state index is 11.9. The summed E-state index contributed by atoms with van der Waals surface area (Å²) >= 11 is 9.18. The first kappa shape index (κ1) is 11.7. The number of benzene rings is 1. The zero-order valence-corrected chi connectivity index (χ0v) is 10.5. The molecule has 0 amide bonds. The number of rotatable bonds is 3. The van der Waals surface area contributed by atoms with Crippen molar-refractivity contribution in [2.75, 3.05) is 0 Å². The summed E-state index contributed by atoms with van der Waals surface area (Å²) in [6.45, 7) is 3.93. The van der Waals surface area contributed by atoms with Crippen LogP contribution in [0.5, 0.6) is 0 Å². The molecule has 0 aliphatic carbocycles. The van der Waals surface area contributed by atoms with Crippen molar-refractivity contribution in [2.45, 2.75) is 20.3 Å². The van der Waals surface area contributed by atoms with Gasteiger partial charge in [0.15, 0.2) is 5.78 Å². The average molecular weight is 276 g/mol. The predicted molar refractivity (Wildman–Crippen MR) is 62.9 cm³/mol. The Morgan fingerprint density at radius 3 is 2.79 bits per heavy atom. The van der Waals surface area contributed by atoms with Crippen LogP contribution in [0.4, 0.5) is 0 Å². The van der Waals surface area contributed by atoms with E-state index in [1.807, 2.05) is 13.8 Å². The fourth-order valence-electron chi connectivity index (χ4n) is 1.14. The van der Waals surface area contributed by atoms with E-state index in [1.165, 1.54) is 0 Å². The average Bonchev–Trinajstić information content (AvgIpc) is 2.19. The number of Topliss-reactive ketones (excluding diaryl/α,β-unsaturated/α-hetero) is 1. The Hall–Kier alpha value is -0.340. The molecule has 1 aromatic carbocycles. The molecule has 1 rings (SSSR count). The molecule has 0 bridgehead atoms. The van der Waals surface area contributed by atoms with Gasteiger partial charge in [-0.1, -0.05) is 41.4 Å². The summed E-state index contributed by atoms with van der Waals surface area (Å²) in [5.74, 6) is 0.187. The molecule has 1 unspecified atom stereocenters. The van der Waals surface area contributed by atoms with Crippen LogP contribution < -0.4 is 0 Å². The maximum Gasteiger partial charge on any atom is 0.166 e. The fourth-order valence-corrected chi connectivity index (χ4v) is 1.75. The highest BCUT2D eigenvalue weighted by Crippen LogP contribution is 2.24. The van der Waals surface area contributed by atoms with Gasteiger partial charge in [-0.2, -0.15) is 0 Å². The van der Waals surface area contributed by atoms with E-state index in [0.29, 0.717) is 10.6 Å². The highest BCUT2D eigenvalue weighted by molar-refractivity contribution is 9.10. The van der Waals surface area contributed by atoms with Crippen molar-refractivity contribution < 1.29 is 4.79 Å². The fraction of sp³-hybridized carbons (Fsp3) is 0.364. The number of carbonyl (C=O) groups is 1. The van der Waals surface area contributed by atoms with Crippen LogP contribution in [0.15, 0.2) is 22.7 Å². The third-order valence-electron chi connectivity index (χ3n) is 2.25. The summed E-state index contributed by atoms with van der Waals surface area (Å²) in [5.41, 5.74) is 0.673. The third-order valence-corrected chi connectivity index (χ3v) is 3.18. The molecule has 3 heteroatoms. The van der Waals surface area contributed by atoms with Gasteiger partial charge < -0.3 is 0 Å². The van der Waals surface area contributed by atoms with Crippen LogP contribution in [0.1, 0.15) is 30.6 Å². The van der Waals surface area contributed by atoms with Crippen LogP contribution in [0, 0.1) is 5.92 Å². The van der Waals surface area contributed by atoms with E-state index in [2.05, 4.69) is 15.9 Å². The Balaban J connectivity index is 3.06. The van der Waals surface area contributed by atoms with E-state index < -0.39 is 0 Å². The van der Waals surface area contributed by atoms with E-state index in [9.17, 15) is 4.79 Å². The molecular weight excluding hydrogens is 263 g/mol. The Bertz CT molecular complexity index is 349. The molecule has 76 valence electrons. The minimum atomic E-state index is 0.0461. The molecule has 1 nitrogen and oxygen atoms in total. The van der Waals surface area contributed by atoms with Gasteiger partial charge in [-0.25, -0.2) is 0 Å². The van der Waals surface area contributed by atoms with Gasteiger partial charge in [0.2, 0.25) is 0 Å². The molecule has 1 aromatic rings. The number of ketones is 1. The van der Waals surface area contributed by atoms with Gasteiger partial charge in [-0.05, 0) is 24.6 Å². The normalized spacial score (nSPS) is 12.6. The third kappa shape index (κ3) is 2.58. The predicted octanol–water partition coefficient (Wildman–Crippen LogP) is 4.33. The lowest BCUT2D eigenvalue weighted by Crippen LogP contribution is -2.10. The summed E-state index contributed by atoms with van der Waals surface area (Å²) in [4.78, 5) is 11.9. The van der Waals surface area contributed by atoms with Gasteiger partial charge >= 0.3 is 0 Å². The number of hydrogen-bond acceptors (Lipinski definition) is 1. The molecule has 1 atom stereocenters. The maximum absolute atomic E-state index is 11.9. The standard InChI is InChI=1S/C11H12BrClO/c1-3-7(2)11(14)9-6-8(13)4-5-10(9)12/h4-7H,3H2,1-2H3. The summed E-state index contributed by atoms with van der Waals surface area (Å²) in [5, 5.41) is 0.597. The van der Waals surface area contributed by atoms with Crippen LogP contribution in [0.25, 0.3) is 0 Å². The number of carbonyl (C=O) groups excluding carboxylic acids is 1. The first-order valence-corrected chi connectivity index (χ1v) is 5.72. The number of hydrogen-bond donors (Lipinski definition) is 0. The zero-order valence-electron chi connectivity index (χ0n) is 8.18. The second-order valence-corrected chi connectivity index (χ2v) is 4.59. The lowest BCUT2D eigenvalue weighted by Gasteiger charge is -2.09. The second-order valence-electron chi connectivity index (χ2n) is 3.30. The van der Waals surface area contributed by atoms with Crippen LogP contribution in [-0.4, -0.2) is 5.78 Å². The molecule has 0 saturated heterocycles. The van der Waals surface area contributed by atoms with Crippen molar-refractivity contribution in [3.05, 3.63) is 33.3 Å². The van der Waals surface area contributed by atoms with Crippen LogP contribution in [0.2, 0.25) is 5.02 Å². The van der Waals surface area contributed by atoms with Crippen molar-refractivity contribution in [2.24, 2.45) is 5.92 Å². The van der Waals surface area contributed by atoms with E-state index in [0.717, 1.165) is 10.9 Å². The van der Waals surface area contributed by atoms with Gasteiger partial charge in [0.05, 0.1) is 0 Å². The van der Waals surface area contributed by atoms with E-state index in [4.69, 9.17) is 11.6 Å². The van der Waals surface area contributed by atoms with Gasteiger partial charge in [0.1, 0.15) is 0 Å².